The first-order valence-corrected chi connectivity index (χ1v) is 5.88. The Kier molecular flexibility index (Phi) is 4.24. The van der Waals surface area contributed by atoms with Gasteiger partial charge in [-0.1, -0.05) is 33.6 Å². The molecule has 3 unspecified atom stereocenters. The molecule has 0 aliphatic heterocycles. The molecule has 78 valence electrons. The lowest BCUT2D eigenvalue weighted by atomic mass is 9.71. The van der Waals surface area contributed by atoms with Crippen molar-refractivity contribution in [1.82, 2.24) is 5.32 Å². The van der Waals surface area contributed by atoms with E-state index < -0.39 is 0 Å². The minimum Gasteiger partial charge on any atom is -0.316 e. The quantitative estimate of drug-likeness (QED) is 0.709. The Balaban J connectivity index is 2.61. The minimum absolute atomic E-state index is 0.777. The van der Waals surface area contributed by atoms with Crippen LogP contribution in [0.2, 0.25) is 0 Å². The molecule has 1 saturated carbocycles. The summed E-state index contributed by atoms with van der Waals surface area (Å²) in [5.41, 5.74) is 0. The maximum absolute atomic E-state index is 3.54. The number of rotatable bonds is 3. The zero-order valence-corrected chi connectivity index (χ0v) is 9.64. The van der Waals surface area contributed by atoms with Gasteiger partial charge in [0.15, 0.2) is 0 Å². The van der Waals surface area contributed by atoms with Crippen LogP contribution in [0.1, 0.15) is 46.5 Å². The molecule has 13 heavy (non-hydrogen) atoms. The zero-order valence-electron chi connectivity index (χ0n) is 9.64. The van der Waals surface area contributed by atoms with Gasteiger partial charge in [0.05, 0.1) is 0 Å². The normalized spacial score (nSPS) is 35.3. The second kappa shape index (κ2) is 4.99. The molecule has 1 fully saturated rings. The van der Waals surface area contributed by atoms with E-state index in [9.17, 15) is 0 Å². The molecule has 0 bridgehead atoms. The zero-order chi connectivity index (χ0) is 9.84. The predicted octanol–water partition coefficient (Wildman–Crippen LogP) is 3.06. The summed E-state index contributed by atoms with van der Waals surface area (Å²) in [5.74, 6) is 2.67. The Labute approximate surface area is 83.3 Å². The summed E-state index contributed by atoms with van der Waals surface area (Å²) in [7, 11) is 2.13. The Morgan fingerprint density at radius 3 is 2.46 bits per heavy atom. The molecule has 1 heteroatoms. The Morgan fingerprint density at radius 2 is 2.00 bits per heavy atom. The van der Waals surface area contributed by atoms with Gasteiger partial charge in [-0.3, -0.25) is 0 Å². The summed E-state index contributed by atoms with van der Waals surface area (Å²) in [6, 6.07) is 0.777. The molecule has 1 N–H and O–H groups in total. The standard InChI is InChI=1S/C12H25N/c1-5-10-7-6-8-11(9(2)3)12(10)13-4/h9-13H,5-8H2,1-4H3. The summed E-state index contributed by atoms with van der Waals surface area (Å²) in [5, 5.41) is 3.54. The summed E-state index contributed by atoms with van der Waals surface area (Å²) in [6.07, 6.45) is 5.65. The Hall–Kier alpha value is -0.0400. The smallest absolute Gasteiger partial charge is 0.0123 e. The third kappa shape index (κ3) is 2.46. The highest BCUT2D eigenvalue weighted by Gasteiger charge is 2.32. The van der Waals surface area contributed by atoms with Gasteiger partial charge in [-0.05, 0) is 37.6 Å². The molecule has 3 atom stereocenters. The van der Waals surface area contributed by atoms with Crippen molar-refractivity contribution in [3.63, 3.8) is 0 Å². The molecule has 1 rings (SSSR count). The minimum atomic E-state index is 0.777. The van der Waals surface area contributed by atoms with Crippen LogP contribution in [-0.2, 0) is 0 Å². The average Bonchev–Trinajstić information content (AvgIpc) is 2.16. The molecular weight excluding hydrogens is 158 g/mol. The van der Waals surface area contributed by atoms with E-state index >= 15 is 0 Å². The lowest BCUT2D eigenvalue weighted by Gasteiger charge is -2.40. The van der Waals surface area contributed by atoms with Crippen molar-refractivity contribution in [2.45, 2.75) is 52.5 Å². The molecule has 0 aromatic rings. The van der Waals surface area contributed by atoms with Gasteiger partial charge >= 0.3 is 0 Å². The Bertz CT molecular complexity index is 142. The lowest BCUT2D eigenvalue weighted by Crippen LogP contribution is -2.44. The first kappa shape index (κ1) is 11.0. The fourth-order valence-electron chi connectivity index (χ4n) is 2.98. The maximum atomic E-state index is 3.54. The van der Waals surface area contributed by atoms with E-state index in [0.29, 0.717) is 0 Å². The molecule has 0 aromatic heterocycles. The second-order valence-corrected chi connectivity index (χ2v) is 4.82. The number of hydrogen-bond donors (Lipinski definition) is 1. The topological polar surface area (TPSA) is 12.0 Å². The van der Waals surface area contributed by atoms with Crippen LogP contribution < -0.4 is 5.32 Å². The van der Waals surface area contributed by atoms with Gasteiger partial charge in [-0.2, -0.15) is 0 Å². The Morgan fingerprint density at radius 1 is 1.31 bits per heavy atom. The van der Waals surface area contributed by atoms with Crippen LogP contribution in [0.25, 0.3) is 0 Å². The highest BCUT2D eigenvalue weighted by atomic mass is 14.9. The third-order valence-corrected chi connectivity index (χ3v) is 3.80. The van der Waals surface area contributed by atoms with E-state index in [1.165, 1.54) is 25.7 Å². The van der Waals surface area contributed by atoms with E-state index in [-0.39, 0.29) is 0 Å². The molecule has 0 radical (unpaired) electrons. The summed E-state index contributed by atoms with van der Waals surface area (Å²) in [4.78, 5) is 0. The van der Waals surface area contributed by atoms with Crippen LogP contribution >= 0.6 is 0 Å². The van der Waals surface area contributed by atoms with E-state index in [0.717, 1.165) is 23.8 Å². The monoisotopic (exact) mass is 183 g/mol. The fraction of sp³-hybridized carbons (Fsp3) is 1.00. The van der Waals surface area contributed by atoms with Crippen molar-refractivity contribution in [1.29, 1.82) is 0 Å². The van der Waals surface area contributed by atoms with Crippen molar-refractivity contribution in [3.05, 3.63) is 0 Å². The van der Waals surface area contributed by atoms with Crippen molar-refractivity contribution in [3.8, 4) is 0 Å². The van der Waals surface area contributed by atoms with Gasteiger partial charge in [-0.15, -0.1) is 0 Å². The predicted molar refractivity (Wildman–Crippen MR) is 58.8 cm³/mol. The summed E-state index contributed by atoms with van der Waals surface area (Å²) < 4.78 is 0. The molecule has 1 aliphatic rings. The third-order valence-electron chi connectivity index (χ3n) is 3.80. The van der Waals surface area contributed by atoms with Gasteiger partial charge < -0.3 is 5.32 Å². The molecular formula is C12H25N. The first-order valence-electron chi connectivity index (χ1n) is 5.88. The van der Waals surface area contributed by atoms with Crippen LogP contribution in [0.3, 0.4) is 0 Å². The molecule has 0 amide bonds. The van der Waals surface area contributed by atoms with Crippen molar-refractivity contribution in [2.24, 2.45) is 17.8 Å². The van der Waals surface area contributed by atoms with Crippen LogP contribution in [-0.4, -0.2) is 13.1 Å². The van der Waals surface area contributed by atoms with Crippen molar-refractivity contribution < 1.29 is 0 Å². The largest absolute Gasteiger partial charge is 0.316 e. The molecule has 0 saturated heterocycles. The van der Waals surface area contributed by atoms with E-state index in [2.05, 4.69) is 33.1 Å². The first-order chi connectivity index (χ1) is 6.20. The lowest BCUT2D eigenvalue weighted by molar-refractivity contribution is 0.147. The second-order valence-electron chi connectivity index (χ2n) is 4.82. The SMILES string of the molecule is CCC1CCCC(C(C)C)C1NC. The molecule has 1 nitrogen and oxygen atoms in total. The van der Waals surface area contributed by atoms with Crippen LogP contribution in [0.4, 0.5) is 0 Å². The van der Waals surface area contributed by atoms with Crippen LogP contribution in [0, 0.1) is 17.8 Å². The molecule has 0 aromatic carbocycles. The summed E-state index contributed by atoms with van der Waals surface area (Å²) in [6.45, 7) is 7.07. The van der Waals surface area contributed by atoms with Crippen LogP contribution in [0.15, 0.2) is 0 Å². The average molecular weight is 183 g/mol. The van der Waals surface area contributed by atoms with Gasteiger partial charge in [0, 0.05) is 6.04 Å². The number of nitrogens with one attached hydrogen (secondary N) is 1. The van der Waals surface area contributed by atoms with Crippen molar-refractivity contribution >= 4 is 0 Å². The van der Waals surface area contributed by atoms with E-state index in [1.54, 1.807) is 0 Å². The van der Waals surface area contributed by atoms with Gasteiger partial charge in [0.2, 0.25) is 0 Å². The van der Waals surface area contributed by atoms with Gasteiger partial charge in [0.1, 0.15) is 0 Å². The molecule has 0 spiro atoms. The van der Waals surface area contributed by atoms with E-state index in [4.69, 9.17) is 0 Å². The van der Waals surface area contributed by atoms with Gasteiger partial charge in [0.25, 0.3) is 0 Å². The van der Waals surface area contributed by atoms with Crippen LogP contribution in [0.5, 0.6) is 0 Å². The molecule has 0 heterocycles. The highest BCUT2D eigenvalue weighted by molar-refractivity contribution is 4.87. The molecule has 1 aliphatic carbocycles. The number of hydrogen-bond acceptors (Lipinski definition) is 1. The van der Waals surface area contributed by atoms with Gasteiger partial charge in [-0.25, -0.2) is 0 Å². The fourth-order valence-corrected chi connectivity index (χ4v) is 2.98. The summed E-state index contributed by atoms with van der Waals surface area (Å²) >= 11 is 0. The maximum Gasteiger partial charge on any atom is 0.0123 e. The highest BCUT2D eigenvalue weighted by Crippen LogP contribution is 2.35. The van der Waals surface area contributed by atoms with E-state index in [1.807, 2.05) is 0 Å². The van der Waals surface area contributed by atoms with Crippen molar-refractivity contribution in [2.75, 3.05) is 7.05 Å².